The van der Waals surface area contributed by atoms with Gasteiger partial charge in [0.05, 0.1) is 24.3 Å². The van der Waals surface area contributed by atoms with Crippen molar-refractivity contribution < 1.29 is 9.59 Å². The Hall–Kier alpha value is -3.46. The normalized spacial score (nSPS) is 15.4. The van der Waals surface area contributed by atoms with Crippen LogP contribution in [0.15, 0.2) is 35.2 Å². The van der Waals surface area contributed by atoms with Crippen LogP contribution in [0.3, 0.4) is 0 Å². The van der Waals surface area contributed by atoms with Gasteiger partial charge in [-0.2, -0.15) is 5.10 Å². The van der Waals surface area contributed by atoms with Gasteiger partial charge in [-0.15, -0.1) is 11.3 Å². The summed E-state index contributed by atoms with van der Waals surface area (Å²) in [5, 5.41) is 7.78. The largest absolute Gasteiger partial charge is 0.351 e. The van der Waals surface area contributed by atoms with E-state index in [1.165, 1.54) is 24.2 Å². The Bertz CT molecular complexity index is 1420. The van der Waals surface area contributed by atoms with Crippen molar-refractivity contribution in [3.8, 4) is 0 Å². The molecule has 8 nitrogen and oxygen atoms in total. The van der Waals surface area contributed by atoms with Gasteiger partial charge in [-0.25, -0.2) is 4.98 Å². The third-order valence-electron chi connectivity index (χ3n) is 6.99. The first kappa shape index (κ1) is 22.0. The summed E-state index contributed by atoms with van der Waals surface area (Å²) < 4.78 is 2.03. The van der Waals surface area contributed by atoms with Crippen molar-refractivity contribution in [1.82, 2.24) is 29.5 Å². The van der Waals surface area contributed by atoms with Crippen LogP contribution in [0.4, 0.5) is 0 Å². The minimum Gasteiger partial charge on any atom is -0.351 e. The number of hydrogen-bond donors (Lipinski definition) is 1. The van der Waals surface area contributed by atoms with E-state index in [4.69, 9.17) is 5.10 Å². The van der Waals surface area contributed by atoms with Crippen LogP contribution in [-0.2, 0) is 26.1 Å². The van der Waals surface area contributed by atoms with E-state index in [1.54, 1.807) is 17.5 Å². The van der Waals surface area contributed by atoms with Gasteiger partial charge in [0, 0.05) is 54.1 Å². The first-order chi connectivity index (χ1) is 17.0. The molecule has 0 saturated heterocycles. The first-order valence-electron chi connectivity index (χ1n) is 12.1. The number of rotatable bonds is 6. The minimum absolute atomic E-state index is 0.0475. The predicted octanol–water partition coefficient (Wildman–Crippen LogP) is 4.01. The van der Waals surface area contributed by atoms with Gasteiger partial charge in [0.15, 0.2) is 5.69 Å². The number of benzene rings is 1. The van der Waals surface area contributed by atoms with Crippen LogP contribution in [0.5, 0.6) is 0 Å². The number of aryl methyl sites for hydroxylation is 1. The molecule has 1 N–H and O–H groups in total. The van der Waals surface area contributed by atoms with E-state index in [9.17, 15) is 9.59 Å². The highest BCUT2D eigenvalue weighted by Crippen LogP contribution is 2.33. The van der Waals surface area contributed by atoms with Gasteiger partial charge in [0.25, 0.3) is 11.8 Å². The lowest BCUT2D eigenvalue weighted by Crippen LogP contribution is -2.37. The Morgan fingerprint density at radius 3 is 2.89 bits per heavy atom. The molecule has 0 radical (unpaired) electrons. The number of H-pyrrole nitrogens is 1. The fourth-order valence-electron chi connectivity index (χ4n) is 4.88. The minimum atomic E-state index is -0.126. The Kier molecular flexibility index (Phi) is 5.44. The summed E-state index contributed by atoms with van der Waals surface area (Å²) in [5.41, 5.74) is 7.76. The Morgan fingerprint density at radius 2 is 2.11 bits per heavy atom. The number of amides is 2. The van der Waals surface area contributed by atoms with Gasteiger partial charge in [0.2, 0.25) is 0 Å². The molecule has 9 heteroatoms. The van der Waals surface area contributed by atoms with Gasteiger partial charge in [-0.05, 0) is 43.9 Å². The molecule has 0 bridgehead atoms. The maximum absolute atomic E-state index is 13.5. The first-order valence-corrected chi connectivity index (χ1v) is 13.0. The SMILES string of the molecule is Cc1ccc2[nH]c(C(=O)N3CCc4c(c(C(=O)N(C)Cc5cscn5)nn4CC4CC4)C3)cc2c1. The molecule has 0 unspecified atom stereocenters. The van der Waals surface area contributed by atoms with Crippen LogP contribution < -0.4 is 0 Å². The number of nitrogens with zero attached hydrogens (tertiary/aromatic N) is 5. The molecule has 35 heavy (non-hydrogen) atoms. The number of aromatic amines is 1. The summed E-state index contributed by atoms with van der Waals surface area (Å²) in [6.45, 7) is 4.32. The predicted molar refractivity (Wildman–Crippen MR) is 134 cm³/mol. The number of hydrogen-bond acceptors (Lipinski definition) is 5. The van der Waals surface area contributed by atoms with E-state index in [0.29, 0.717) is 43.4 Å². The molecule has 1 aromatic carbocycles. The molecular weight excluding hydrogens is 460 g/mol. The molecule has 4 heterocycles. The van der Waals surface area contributed by atoms with Gasteiger partial charge in [0.1, 0.15) is 5.69 Å². The molecular formula is C26H28N6O2S. The molecule has 4 aromatic rings. The average molecular weight is 489 g/mol. The van der Waals surface area contributed by atoms with E-state index in [0.717, 1.165) is 40.0 Å². The molecule has 3 aromatic heterocycles. The number of fused-ring (bicyclic) bond motifs is 2. The summed E-state index contributed by atoms with van der Waals surface area (Å²) in [4.78, 5) is 38.0. The molecule has 1 aliphatic heterocycles. The molecule has 0 atom stereocenters. The monoisotopic (exact) mass is 488 g/mol. The fourth-order valence-corrected chi connectivity index (χ4v) is 5.43. The standard InChI is InChI=1S/C26H28N6O2S/c1-16-3-6-21-18(9-16)10-22(28-21)25(33)31-8-7-23-20(13-31)24(29-32(23)11-17-4-5-17)26(34)30(2)12-19-14-35-15-27-19/h3,6,9-10,14-15,17,28H,4-5,7-8,11-13H2,1-2H3. The van der Waals surface area contributed by atoms with Crippen molar-refractivity contribution in [3.63, 3.8) is 0 Å². The number of carbonyl (C=O) groups excluding carboxylic acids is 2. The highest BCUT2D eigenvalue weighted by molar-refractivity contribution is 7.07. The Labute approximate surface area is 207 Å². The maximum Gasteiger partial charge on any atom is 0.274 e. The van der Waals surface area contributed by atoms with Crippen LogP contribution >= 0.6 is 11.3 Å². The van der Waals surface area contributed by atoms with Crippen molar-refractivity contribution in [1.29, 1.82) is 0 Å². The molecule has 1 fully saturated rings. The summed E-state index contributed by atoms with van der Waals surface area (Å²) in [7, 11) is 1.78. The van der Waals surface area contributed by atoms with Gasteiger partial charge in [-0.3, -0.25) is 14.3 Å². The second-order valence-corrected chi connectivity index (χ2v) is 10.5. The second kappa shape index (κ2) is 8.64. The third-order valence-corrected chi connectivity index (χ3v) is 7.62. The van der Waals surface area contributed by atoms with Crippen LogP contribution in [0, 0.1) is 12.8 Å². The molecule has 2 amide bonds. The summed E-state index contributed by atoms with van der Waals surface area (Å²) in [6.07, 6.45) is 3.13. The number of thiazole rings is 1. The van der Waals surface area contributed by atoms with Gasteiger partial charge in [-0.1, -0.05) is 11.6 Å². The molecule has 2 aliphatic rings. The second-order valence-electron chi connectivity index (χ2n) is 9.79. The summed E-state index contributed by atoms with van der Waals surface area (Å²) >= 11 is 1.52. The van der Waals surface area contributed by atoms with Gasteiger partial charge >= 0.3 is 0 Å². The lowest BCUT2D eigenvalue weighted by Gasteiger charge is -2.28. The lowest BCUT2D eigenvalue weighted by molar-refractivity contribution is 0.0717. The highest BCUT2D eigenvalue weighted by Gasteiger charge is 2.33. The zero-order valence-electron chi connectivity index (χ0n) is 20.0. The van der Waals surface area contributed by atoms with E-state index >= 15 is 0 Å². The van der Waals surface area contributed by atoms with Crippen molar-refractivity contribution in [2.24, 2.45) is 5.92 Å². The molecule has 0 spiro atoms. The van der Waals surface area contributed by atoms with Crippen molar-refractivity contribution in [2.75, 3.05) is 13.6 Å². The number of nitrogens with one attached hydrogen (secondary N) is 1. The zero-order valence-corrected chi connectivity index (χ0v) is 20.8. The third kappa shape index (κ3) is 4.25. The molecule has 6 rings (SSSR count). The van der Waals surface area contributed by atoms with E-state index < -0.39 is 0 Å². The van der Waals surface area contributed by atoms with Crippen LogP contribution in [0.2, 0.25) is 0 Å². The fraction of sp³-hybridized carbons (Fsp3) is 0.385. The molecule has 180 valence electrons. The van der Waals surface area contributed by atoms with Crippen LogP contribution in [0.1, 0.15) is 56.3 Å². The van der Waals surface area contributed by atoms with Crippen LogP contribution in [-0.4, -0.2) is 55.0 Å². The van der Waals surface area contributed by atoms with Crippen molar-refractivity contribution in [3.05, 3.63) is 69.1 Å². The van der Waals surface area contributed by atoms with E-state index in [2.05, 4.69) is 16.0 Å². The van der Waals surface area contributed by atoms with E-state index in [1.807, 2.05) is 40.1 Å². The quantitative estimate of drug-likeness (QED) is 0.444. The van der Waals surface area contributed by atoms with Crippen LogP contribution in [0.25, 0.3) is 10.9 Å². The lowest BCUT2D eigenvalue weighted by atomic mass is 10.0. The maximum atomic E-state index is 13.5. The average Bonchev–Trinajstić information content (AvgIpc) is 3.21. The van der Waals surface area contributed by atoms with Gasteiger partial charge < -0.3 is 14.8 Å². The Balaban J connectivity index is 1.29. The summed E-state index contributed by atoms with van der Waals surface area (Å²) in [6, 6.07) is 8.04. The van der Waals surface area contributed by atoms with Crippen molar-refractivity contribution in [2.45, 2.75) is 45.8 Å². The summed E-state index contributed by atoms with van der Waals surface area (Å²) in [5.74, 6) is 0.469. The number of aromatic nitrogens is 4. The van der Waals surface area contributed by atoms with E-state index in [-0.39, 0.29) is 11.8 Å². The molecule has 1 aliphatic carbocycles. The smallest absolute Gasteiger partial charge is 0.274 e. The molecule has 1 saturated carbocycles. The number of carbonyl (C=O) groups is 2. The topological polar surface area (TPSA) is 87.1 Å². The highest BCUT2D eigenvalue weighted by atomic mass is 32.1. The van der Waals surface area contributed by atoms with Crippen molar-refractivity contribution >= 4 is 34.1 Å². The zero-order chi connectivity index (χ0) is 24.1. The Morgan fingerprint density at radius 1 is 1.26 bits per heavy atom.